The molecule has 0 saturated carbocycles. The first kappa shape index (κ1) is 13.3. The van der Waals surface area contributed by atoms with E-state index in [0.717, 1.165) is 35.6 Å². The molecule has 1 aliphatic heterocycles. The lowest BCUT2D eigenvalue weighted by molar-refractivity contribution is 0.158. The molecular formula is C13H18BrClN2. The van der Waals surface area contributed by atoms with E-state index in [4.69, 9.17) is 17.3 Å². The first-order valence-corrected chi connectivity index (χ1v) is 7.13. The van der Waals surface area contributed by atoms with E-state index >= 15 is 0 Å². The second-order valence-corrected chi connectivity index (χ2v) is 6.32. The lowest BCUT2D eigenvalue weighted by atomic mass is 9.96. The van der Waals surface area contributed by atoms with E-state index < -0.39 is 0 Å². The maximum Gasteiger partial charge on any atom is 0.0410 e. The van der Waals surface area contributed by atoms with Crippen molar-refractivity contribution in [1.82, 2.24) is 4.90 Å². The molecule has 1 aromatic rings. The summed E-state index contributed by atoms with van der Waals surface area (Å²) in [6.45, 7) is 5.27. The van der Waals surface area contributed by atoms with Gasteiger partial charge in [-0.25, -0.2) is 0 Å². The third-order valence-corrected chi connectivity index (χ3v) is 4.18. The lowest BCUT2D eigenvalue weighted by Crippen LogP contribution is -2.45. The number of nitrogens with zero attached hydrogens (tertiary/aromatic N) is 1. The van der Waals surface area contributed by atoms with Gasteiger partial charge in [0.2, 0.25) is 0 Å². The predicted molar refractivity (Wildman–Crippen MR) is 76.2 cm³/mol. The summed E-state index contributed by atoms with van der Waals surface area (Å²) in [6, 6.07) is 6.23. The number of hydrogen-bond donors (Lipinski definition) is 1. The van der Waals surface area contributed by atoms with E-state index in [1.54, 1.807) is 0 Å². The normalized spacial score (nSPS) is 26.1. The van der Waals surface area contributed by atoms with Gasteiger partial charge in [-0.2, -0.15) is 0 Å². The number of nitrogens with two attached hydrogens (primary N) is 1. The molecule has 0 amide bonds. The Morgan fingerprint density at radius 3 is 2.94 bits per heavy atom. The summed E-state index contributed by atoms with van der Waals surface area (Å²) < 4.78 is 1.12. The van der Waals surface area contributed by atoms with Crippen LogP contribution in [-0.2, 0) is 6.54 Å². The first-order chi connectivity index (χ1) is 8.04. The van der Waals surface area contributed by atoms with Crippen LogP contribution in [0.25, 0.3) is 0 Å². The number of rotatable bonds is 2. The SMILES string of the molecule is CC1CC(N)CN(Cc2cc(Cl)ccc2Br)C1. The van der Waals surface area contributed by atoms with Crippen LogP contribution in [0.15, 0.2) is 22.7 Å². The van der Waals surface area contributed by atoms with Crippen LogP contribution in [-0.4, -0.2) is 24.0 Å². The minimum atomic E-state index is 0.303. The Balaban J connectivity index is 2.07. The molecule has 1 aliphatic rings. The van der Waals surface area contributed by atoms with Crippen molar-refractivity contribution in [3.05, 3.63) is 33.3 Å². The molecule has 1 fully saturated rings. The minimum Gasteiger partial charge on any atom is -0.327 e. The molecule has 2 unspecified atom stereocenters. The number of piperidine rings is 1. The van der Waals surface area contributed by atoms with Crippen LogP contribution in [0.5, 0.6) is 0 Å². The van der Waals surface area contributed by atoms with Gasteiger partial charge in [0.1, 0.15) is 0 Å². The minimum absolute atomic E-state index is 0.303. The van der Waals surface area contributed by atoms with Crippen LogP contribution >= 0.6 is 27.5 Å². The van der Waals surface area contributed by atoms with E-state index in [1.165, 1.54) is 5.56 Å². The zero-order chi connectivity index (χ0) is 12.4. The van der Waals surface area contributed by atoms with E-state index in [9.17, 15) is 0 Å². The Kier molecular flexibility index (Phi) is 4.47. The van der Waals surface area contributed by atoms with Gasteiger partial charge in [-0.15, -0.1) is 0 Å². The number of likely N-dealkylation sites (tertiary alicyclic amines) is 1. The molecule has 0 spiro atoms. The van der Waals surface area contributed by atoms with Gasteiger partial charge in [-0.3, -0.25) is 4.90 Å². The highest BCUT2D eigenvalue weighted by Gasteiger charge is 2.22. The third kappa shape index (κ3) is 3.68. The summed E-state index contributed by atoms with van der Waals surface area (Å²) in [7, 11) is 0. The fraction of sp³-hybridized carbons (Fsp3) is 0.538. The standard InChI is InChI=1S/C13H18BrClN2/c1-9-4-12(16)8-17(6-9)7-10-5-11(15)2-3-13(10)14/h2-3,5,9,12H,4,6-8,16H2,1H3. The van der Waals surface area contributed by atoms with Crippen molar-refractivity contribution < 1.29 is 0 Å². The van der Waals surface area contributed by atoms with E-state index in [-0.39, 0.29) is 0 Å². The largest absolute Gasteiger partial charge is 0.327 e. The van der Waals surface area contributed by atoms with Gasteiger partial charge in [0.25, 0.3) is 0 Å². The Morgan fingerprint density at radius 2 is 2.24 bits per heavy atom. The van der Waals surface area contributed by atoms with E-state index in [2.05, 4.69) is 27.8 Å². The van der Waals surface area contributed by atoms with Crippen LogP contribution in [0.1, 0.15) is 18.9 Å². The van der Waals surface area contributed by atoms with Crippen LogP contribution in [0.4, 0.5) is 0 Å². The van der Waals surface area contributed by atoms with E-state index in [0.29, 0.717) is 12.0 Å². The predicted octanol–water partition coefficient (Wildman–Crippen LogP) is 3.27. The van der Waals surface area contributed by atoms with Gasteiger partial charge < -0.3 is 5.73 Å². The van der Waals surface area contributed by atoms with E-state index in [1.807, 2.05) is 18.2 Å². The third-order valence-electron chi connectivity index (χ3n) is 3.17. The van der Waals surface area contributed by atoms with Crippen molar-refractivity contribution >= 4 is 27.5 Å². The van der Waals surface area contributed by atoms with Crippen LogP contribution in [0, 0.1) is 5.92 Å². The monoisotopic (exact) mass is 316 g/mol. The highest BCUT2D eigenvalue weighted by molar-refractivity contribution is 9.10. The average Bonchev–Trinajstić information content (AvgIpc) is 2.22. The Hall–Kier alpha value is -0.0900. The average molecular weight is 318 g/mol. The quantitative estimate of drug-likeness (QED) is 0.907. The summed E-state index contributed by atoms with van der Waals surface area (Å²) in [6.07, 6.45) is 1.13. The first-order valence-electron chi connectivity index (χ1n) is 5.96. The molecule has 4 heteroatoms. The van der Waals surface area contributed by atoms with Gasteiger partial charge in [0, 0.05) is 35.2 Å². The summed E-state index contributed by atoms with van der Waals surface area (Å²) in [5.74, 6) is 0.678. The number of hydrogen-bond acceptors (Lipinski definition) is 2. The highest BCUT2D eigenvalue weighted by atomic mass is 79.9. The molecule has 94 valence electrons. The van der Waals surface area contributed by atoms with Crippen LogP contribution < -0.4 is 5.73 Å². The van der Waals surface area contributed by atoms with Gasteiger partial charge in [0.15, 0.2) is 0 Å². The fourth-order valence-corrected chi connectivity index (χ4v) is 3.11. The smallest absolute Gasteiger partial charge is 0.0410 e. The molecule has 2 nitrogen and oxygen atoms in total. The van der Waals surface area contributed by atoms with Crippen molar-refractivity contribution in [3.63, 3.8) is 0 Å². The molecule has 2 atom stereocenters. The Bertz CT molecular complexity index is 387. The zero-order valence-corrected chi connectivity index (χ0v) is 12.3. The maximum atomic E-state index is 6.06. The molecule has 2 rings (SSSR count). The van der Waals surface area contributed by atoms with Crippen molar-refractivity contribution in [2.24, 2.45) is 11.7 Å². The number of benzene rings is 1. The molecule has 0 bridgehead atoms. The van der Waals surface area contributed by atoms with Gasteiger partial charge in [0.05, 0.1) is 0 Å². The zero-order valence-electron chi connectivity index (χ0n) is 10.00. The highest BCUT2D eigenvalue weighted by Crippen LogP contribution is 2.24. The van der Waals surface area contributed by atoms with Crippen molar-refractivity contribution in [1.29, 1.82) is 0 Å². The summed E-state index contributed by atoms with van der Waals surface area (Å²) in [5, 5.41) is 0.789. The molecule has 17 heavy (non-hydrogen) atoms. The topological polar surface area (TPSA) is 29.3 Å². The molecule has 0 aliphatic carbocycles. The van der Waals surface area contributed by atoms with Gasteiger partial charge in [-0.1, -0.05) is 34.5 Å². The second-order valence-electron chi connectivity index (χ2n) is 5.03. The molecule has 0 aromatic heterocycles. The molecule has 0 radical (unpaired) electrons. The van der Waals surface area contributed by atoms with Crippen molar-refractivity contribution in [3.8, 4) is 0 Å². The maximum absolute atomic E-state index is 6.06. The number of halogens is 2. The van der Waals surface area contributed by atoms with Crippen molar-refractivity contribution in [2.45, 2.75) is 25.9 Å². The Labute approximate surface area is 116 Å². The lowest BCUT2D eigenvalue weighted by Gasteiger charge is -2.35. The van der Waals surface area contributed by atoms with Gasteiger partial charge >= 0.3 is 0 Å². The molecular weight excluding hydrogens is 300 g/mol. The molecule has 1 heterocycles. The summed E-state index contributed by atoms with van der Waals surface area (Å²) in [5.41, 5.74) is 7.29. The molecule has 1 saturated heterocycles. The van der Waals surface area contributed by atoms with Crippen molar-refractivity contribution in [2.75, 3.05) is 13.1 Å². The van der Waals surface area contributed by atoms with Gasteiger partial charge in [-0.05, 0) is 36.1 Å². The van der Waals surface area contributed by atoms with Crippen LogP contribution in [0.3, 0.4) is 0 Å². The summed E-state index contributed by atoms with van der Waals surface area (Å²) >= 11 is 9.60. The summed E-state index contributed by atoms with van der Waals surface area (Å²) in [4.78, 5) is 2.41. The molecule has 2 N–H and O–H groups in total. The van der Waals surface area contributed by atoms with Crippen LogP contribution in [0.2, 0.25) is 5.02 Å². The second kappa shape index (κ2) is 5.70. The Morgan fingerprint density at radius 1 is 1.47 bits per heavy atom. The fourth-order valence-electron chi connectivity index (χ4n) is 2.55. The molecule has 1 aromatic carbocycles.